The lowest BCUT2D eigenvalue weighted by molar-refractivity contribution is 0.0599. The summed E-state index contributed by atoms with van der Waals surface area (Å²) in [5, 5.41) is 14.8. The molecule has 0 aliphatic heterocycles. The molecular weight excluding hydrogens is 232 g/mol. The number of urea groups is 1. The van der Waals surface area contributed by atoms with Crippen LogP contribution >= 0.6 is 0 Å². The molecule has 1 unspecified atom stereocenters. The smallest absolute Gasteiger partial charge is 0.319 e. The highest BCUT2D eigenvalue weighted by Crippen LogP contribution is 2.08. The number of carbonyl (C=O) groups is 1. The van der Waals surface area contributed by atoms with E-state index in [4.69, 9.17) is 4.74 Å². The van der Waals surface area contributed by atoms with E-state index in [1.54, 1.807) is 0 Å². The van der Waals surface area contributed by atoms with Crippen molar-refractivity contribution in [2.24, 2.45) is 0 Å². The number of nitrogens with one attached hydrogen (secondary N) is 2. The molecule has 0 radical (unpaired) electrons. The Balaban J connectivity index is 2.25. The summed E-state index contributed by atoms with van der Waals surface area (Å²) in [6, 6.07) is 7.29. The normalized spacial score (nSPS) is 11.9. The van der Waals surface area contributed by atoms with Gasteiger partial charge in [0.05, 0.1) is 12.7 Å². The maximum absolute atomic E-state index is 11.5. The molecule has 0 saturated carbocycles. The molecule has 1 atom stereocenters. The van der Waals surface area contributed by atoms with Crippen molar-refractivity contribution in [3.8, 4) is 0 Å². The highest BCUT2D eigenvalue weighted by molar-refractivity contribution is 5.89. The molecule has 5 heteroatoms. The molecule has 100 valence electrons. The molecule has 5 nitrogen and oxygen atoms in total. The topological polar surface area (TPSA) is 70.6 Å². The van der Waals surface area contributed by atoms with Gasteiger partial charge in [-0.15, -0.1) is 0 Å². The number of aliphatic hydroxyl groups is 1. The molecule has 2 amide bonds. The standard InChI is InChI=1S/C13H20N2O3/c1-10-4-3-5-11(8-10)15-13(17)14-7-6-12(16)9-18-2/h3-5,8,12,16H,6-7,9H2,1-2H3,(H2,14,15,17). The highest BCUT2D eigenvalue weighted by Gasteiger charge is 2.05. The molecule has 3 N–H and O–H groups in total. The lowest BCUT2D eigenvalue weighted by Crippen LogP contribution is -2.32. The van der Waals surface area contributed by atoms with E-state index in [-0.39, 0.29) is 12.6 Å². The van der Waals surface area contributed by atoms with Gasteiger partial charge in [0.25, 0.3) is 0 Å². The number of ether oxygens (including phenoxy) is 1. The SMILES string of the molecule is COCC(O)CCNC(=O)Nc1cccc(C)c1. The van der Waals surface area contributed by atoms with Crippen molar-refractivity contribution in [3.05, 3.63) is 29.8 Å². The van der Waals surface area contributed by atoms with Crippen molar-refractivity contribution in [1.82, 2.24) is 5.32 Å². The fourth-order valence-corrected chi connectivity index (χ4v) is 1.53. The van der Waals surface area contributed by atoms with Crippen LogP contribution in [-0.4, -0.2) is 37.5 Å². The Morgan fingerprint density at radius 1 is 1.50 bits per heavy atom. The van der Waals surface area contributed by atoms with Crippen LogP contribution in [0, 0.1) is 6.92 Å². The van der Waals surface area contributed by atoms with Crippen LogP contribution < -0.4 is 10.6 Å². The summed E-state index contributed by atoms with van der Waals surface area (Å²) in [5.74, 6) is 0. The monoisotopic (exact) mass is 252 g/mol. The lowest BCUT2D eigenvalue weighted by Gasteiger charge is -2.11. The molecule has 0 spiro atoms. The van der Waals surface area contributed by atoms with Crippen molar-refractivity contribution in [2.45, 2.75) is 19.4 Å². The summed E-state index contributed by atoms with van der Waals surface area (Å²) in [6.45, 7) is 2.65. The Bertz CT molecular complexity index is 382. The Labute approximate surface area is 107 Å². The summed E-state index contributed by atoms with van der Waals surface area (Å²) in [6.07, 6.45) is -0.0796. The molecule has 1 aromatic carbocycles. The van der Waals surface area contributed by atoms with E-state index in [9.17, 15) is 9.90 Å². The quantitative estimate of drug-likeness (QED) is 0.718. The zero-order valence-corrected chi connectivity index (χ0v) is 10.8. The Kier molecular flexibility index (Phi) is 6.18. The van der Waals surface area contributed by atoms with E-state index in [1.165, 1.54) is 7.11 Å². The summed E-state index contributed by atoms with van der Waals surface area (Å²) >= 11 is 0. The molecule has 1 rings (SSSR count). The predicted octanol–water partition coefficient (Wildman–Crippen LogP) is 1.51. The van der Waals surface area contributed by atoms with Gasteiger partial charge < -0.3 is 20.5 Å². The third-order valence-corrected chi connectivity index (χ3v) is 2.40. The minimum Gasteiger partial charge on any atom is -0.391 e. The Morgan fingerprint density at radius 3 is 2.94 bits per heavy atom. The number of carbonyl (C=O) groups excluding carboxylic acids is 1. The van der Waals surface area contributed by atoms with Gasteiger partial charge in [0.2, 0.25) is 0 Å². The molecule has 0 saturated heterocycles. The fourth-order valence-electron chi connectivity index (χ4n) is 1.53. The van der Waals surface area contributed by atoms with Gasteiger partial charge in [-0.25, -0.2) is 4.79 Å². The molecule has 0 aliphatic carbocycles. The second-order valence-electron chi connectivity index (χ2n) is 4.15. The van der Waals surface area contributed by atoms with E-state index in [0.29, 0.717) is 13.0 Å². The average molecular weight is 252 g/mol. The van der Waals surface area contributed by atoms with Gasteiger partial charge in [0.15, 0.2) is 0 Å². The molecule has 0 heterocycles. The minimum atomic E-state index is -0.547. The van der Waals surface area contributed by atoms with Gasteiger partial charge in [0, 0.05) is 19.3 Å². The van der Waals surface area contributed by atoms with E-state index in [2.05, 4.69) is 10.6 Å². The van der Waals surface area contributed by atoms with E-state index < -0.39 is 6.10 Å². The first-order valence-electron chi connectivity index (χ1n) is 5.90. The van der Waals surface area contributed by atoms with Crippen molar-refractivity contribution in [3.63, 3.8) is 0 Å². The lowest BCUT2D eigenvalue weighted by atomic mass is 10.2. The highest BCUT2D eigenvalue weighted by atomic mass is 16.5. The Hall–Kier alpha value is -1.59. The summed E-state index contributed by atoms with van der Waals surface area (Å²) in [7, 11) is 1.53. The predicted molar refractivity (Wildman–Crippen MR) is 70.7 cm³/mol. The van der Waals surface area contributed by atoms with Gasteiger partial charge in [-0.2, -0.15) is 0 Å². The van der Waals surface area contributed by atoms with Gasteiger partial charge in [-0.3, -0.25) is 0 Å². The number of aryl methyl sites for hydroxylation is 1. The molecule has 0 fully saturated rings. The minimum absolute atomic E-state index is 0.273. The van der Waals surface area contributed by atoms with E-state index >= 15 is 0 Å². The molecule has 0 aromatic heterocycles. The van der Waals surface area contributed by atoms with Gasteiger partial charge >= 0.3 is 6.03 Å². The second-order valence-corrected chi connectivity index (χ2v) is 4.15. The maximum atomic E-state index is 11.5. The fraction of sp³-hybridized carbons (Fsp3) is 0.462. The van der Waals surface area contributed by atoms with Gasteiger partial charge in [-0.1, -0.05) is 12.1 Å². The van der Waals surface area contributed by atoms with Crippen LogP contribution in [0.5, 0.6) is 0 Å². The zero-order chi connectivity index (χ0) is 13.4. The van der Waals surface area contributed by atoms with Crippen molar-refractivity contribution in [1.29, 1.82) is 0 Å². The first-order chi connectivity index (χ1) is 8.61. The number of hydrogen-bond donors (Lipinski definition) is 3. The molecule has 18 heavy (non-hydrogen) atoms. The van der Waals surface area contributed by atoms with Crippen molar-refractivity contribution in [2.75, 3.05) is 25.6 Å². The largest absolute Gasteiger partial charge is 0.391 e. The van der Waals surface area contributed by atoms with Crippen LogP contribution in [0.15, 0.2) is 24.3 Å². The summed E-state index contributed by atoms with van der Waals surface area (Å²) in [4.78, 5) is 11.5. The Morgan fingerprint density at radius 2 is 2.28 bits per heavy atom. The number of hydrogen-bond acceptors (Lipinski definition) is 3. The van der Waals surface area contributed by atoms with Crippen molar-refractivity contribution < 1.29 is 14.6 Å². The summed E-state index contributed by atoms with van der Waals surface area (Å²) < 4.78 is 4.79. The number of benzene rings is 1. The third-order valence-electron chi connectivity index (χ3n) is 2.40. The first-order valence-corrected chi connectivity index (χ1v) is 5.90. The summed E-state index contributed by atoms with van der Waals surface area (Å²) in [5.41, 5.74) is 1.84. The number of anilines is 1. The average Bonchev–Trinajstić information content (AvgIpc) is 2.29. The second kappa shape index (κ2) is 7.68. The van der Waals surface area contributed by atoms with Gasteiger partial charge in [-0.05, 0) is 31.0 Å². The van der Waals surface area contributed by atoms with Crippen LogP contribution in [0.3, 0.4) is 0 Å². The van der Waals surface area contributed by atoms with Crippen LogP contribution in [0.25, 0.3) is 0 Å². The number of amides is 2. The van der Waals surface area contributed by atoms with Crippen LogP contribution in [-0.2, 0) is 4.74 Å². The molecular formula is C13H20N2O3. The number of aliphatic hydroxyl groups excluding tert-OH is 1. The van der Waals surface area contributed by atoms with Crippen molar-refractivity contribution >= 4 is 11.7 Å². The van der Waals surface area contributed by atoms with Crippen LogP contribution in [0.1, 0.15) is 12.0 Å². The van der Waals surface area contributed by atoms with Crippen LogP contribution in [0.4, 0.5) is 10.5 Å². The van der Waals surface area contributed by atoms with Crippen LogP contribution in [0.2, 0.25) is 0 Å². The zero-order valence-electron chi connectivity index (χ0n) is 10.8. The number of methoxy groups -OCH3 is 1. The van der Waals surface area contributed by atoms with Gasteiger partial charge in [0.1, 0.15) is 0 Å². The molecule has 0 bridgehead atoms. The third kappa shape index (κ3) is 5.65. The molecule has 0 aliphatic rings. The number of rotatable bonds is 6. The van der Waals surface area contributed by atoms with E-state index in [1.807, 2.05) is 31.2 Å². The maximum Gasteiger partial charge on any atom is 0.319 e. The van der Waals surface area contributed by atoms with E-state index in [0.717, 1.165) is 11.3 Å². The first kappa shape index (κ1) is 14.5. The molecule has 1 aromatic rings.